The molecule has 0 radical (unpaired) electrons. The number of hydrogen-bond acceptors (Lipinski definition) is 7. The Morgan fingerprint density at radius 3 is 2.30 bits per heavy atom. The van der Waals surface area contributed by atoms with E-state index in [4.69, 9.17) is 11.5 Å². The van der Waals surface area contributed by atoms with Gasteiger partial charge in [0.25, 0.3) is 0 Å². The number of sulfonamides is 1. The molecule has 0 fully saturated rings. The molecule has 0 atom stereocenters. The summed E-state index contributed by atoms with van der Waals surface area (Å²) in [6, 6.07) is 14.3. The molecule has 30 heavy (non-hydrogen) atoms. The van der Waals surface area contributed by atoms with Gasteiger partial charge in [0.1, 0.15) is 5.82 Å². The fourth-order valence-corrected chi connectivity index (χ4v) is 6.22. The third kappa shape index (κ3) is 4.62. The SMILES string of the molecule is NCCCN(CCS(=O)(=O)c1ccccc1)S(=O)(=O)c1cccc2c(N)nccc12. The molecule has 0 bridgehead atoms. The molecule has 3 rings (SSSR count). The molecule has 0 aliphatic rings. The Hall–Kier alpha value is -2.53. The molecule has 10 heteroatoms. The van der Waals surface area contributed by atoms with Gasteiger partial charge in [-0.25, -0.2) is 21.8 Å². The van der Waals surface area contributed by atoms with Crippen LogP contribution in [0.3, 0.4) is 0 Å². The topological polar surface area (TPSA) is 136 Å². The first kappa shape index (κ1) is 22.2. The van der Waals surface area contributed by atoms with Crippen LogP contribution in [0.1, 0.15) is 6.42 Å². The molecule has 160 valence electrons. The van der Waals surface area contributed by atoms with Gasteiger partial charge in [-0.3, -0.25) is 0 Å². The van der Waals surface area contributed by atoms with Crippen LogP contribution < -0.4 is 11.5 Å². The largest absolute Gasteiger partial charge is 0.383 e. The molecule has 0 unspecified atom stereocenters. The monoisotopic (exact) mass is 448 g/mol. The first-order valence-corrected chi connectivity index (χ1v) is 12.5. The maximum Gasteiger partial charge on any atom is 0.243 e. The predicted octanol–water partition coefficient (Wildman–Crippen LogP) is 1.63. The Morgan fingerprint density at radius 1 is 0.867 bits per heavy atom. The van der Waals surface area contributed by atoms with Gasteiger partial charge in [-0.2, -0.15) is 4.31 Å². The third-order valence-corrected chi connectivity index (χ3v) is 8.41. The zero-order valence-corrected chi connectivity index (χ0v) is 17.9. The van der Waals surface area contributed by atoms with Crippen LogP contribution in [0.4, 0.5) is 5.82 Å². The van der Waals surface area contributed by atoms with Crippen LogP contribution in [0.25, 0.3) is 10.8 Å². The molecular formula is C20H24N4O4S2. The summed E-state index contributed by atoms with van der Waals surface area (Å²) in [5.74, 6) is -0.111. The minimum atomic E-state index is -3.99. The van der Waals surface area contributed by atoms with Crippen molar-refractivity contribution in [2.45, 2.75) is 16.2 Å². The number of nitrogens with zero attached hydrogens (tertiary/aromatic N) is 2. The molecule has 0 aliphatic carbocycles. The number of nitrogens with two attached hydrogens (primary N) is 2. The Morgan fingerprint density at radius 2 is 1.60 bits per heavy atom. The number of pyridine rings is 1. The van der Waals surface area contributed by atoms with Gasteiger partial charge in [0, 0.05) is 30.1 Å². The molecule has 0 amide bonds. The molecular weight excluding hydrogens is 424 g/mol. The summed E-state index contributed by atoms with van der Waals surface area (Å²) in [4.78, 5) is 4.22. The highest BCUT2D eigenvalue weighted by Gasteiger charge is 2.28. The van der Waals surface area contributed by atoms with Gasteiger partial charge in [-0.1, -0.05) is 30.3 Å². The number of sulfone groups is 1. The van der Waals surface area contributed by atoms with Gasteiger partial charge in [-0.15, -0.1) is 0 Å². The smallest absolute Gasteiger partial charge is 0.243 e. The summed E-state index contributed by atoms with van der Waals surface area (Å²) in [6.07, 6.45) is 1.85. The number of hydrogen-bond donors (Lipinski definition) is 2. The van der Waals surface area contributed by atoms with E-state index in [-0.39, 0.29) is 41.0 Å². The van der Waals surface area contributed by atoms with E-state index in [2.05, 4.69) is 4.98 Å². The molecule has 8 nitrogen and oxygen atoms in total. The minimum Gasteiger partial charge on any atom is -0.383 e. The van der Waals surface area contributed by atoms with Crippen molar-refractivity contribution in [3.63, 3.8) is 0 Å². The van der Waals surface area contributed by atoms with Gasteiger partial charge in [0.2, 0.25) is 10.0 Å². The van der Waals surface area contributed by atoms with Crippen molar-refractivity contribution < 1.29 is 16.8 Å². The van der Waals surface area contributed by atoms with Crippen LogP contribution in [0, 0.1) is 0 Å². The number of fused-ring (bicyclic) bond motifs is 1. The van der Waals surface area contributed by atoms with E-state index >= 15 is 0 Å². The number of benzene rings is 2. The lowest BCUT2D eigenvalue weighted by molar-refractivity contribution is 0.423. The first-order chi connectivity index (χ1) is 14.3. The van der Waals surface area contributed by atoms with E-state index in [1.54, 1.807) is 36.4 Å². The highest BCUT2D eigenvalue weighted by molar-refractivity contribution is 7.91. The van der Waals surface area contributed by atoms with Crippen LogP contribution in [-0.2, 0) is 19.9 Å². The lowest BCUT2D eigenvalue weighted by atomic mass is 10.1. The Labute approximate surface area is 176 Å². The molecule has 4 N–H and O–H groups in total. The Kier molecular flexibility index (Phi) is 6.71. The second-order valence-electron chi connectivity index (χ2n) is 6.73. The van der Waals surface area contributed by atoms with Crippen LogP contribution in [0.15, 0.2) is 70.6 Å². The van der Waals surface area contributed by atoms with Gasteiger partial charge in [-0.05, 0) is 37.2 Å². The summed E-state index contributed by atoms with van der Waals surface area (Å²) >= 11 is 0. The maximum atomic E-state index is 13.4. The van der Waals surface area contributed by atoms with E-state index < -0.39 is 19.9 Å². The van der Waals surface area contributed by atoms with Gasteiger partial charge >= 0.3 is 0 Å². The zero-order valence-electron chi connectivity index (χ0n) is 16.3. The summed E-state index contributed by atoms with van der Waals surface area (Å²) in [5.41, 5.74) is 11.5. The summed E-state index contributed by atoms with van der Waals surface area (Å²) < 4.78 is 53.4. The summed E-state index contributed by atoms with van der Waals surface area (Å²) in [5, 5.41) is 0.961. The van der Waals surface area contributed by atoms with Crippen LogP contribution in [0.2, 0.25) is 0 Å². The molecule has 0 spiro atoms. The Balaban J connectivity index is 1.96. The van der Waals surface area contributed by atoms with Crippen LogP contribution in [-0.4, -0.2) is 51.5 Å². The third-order valence-electron chi connectivity index (χ3n) is 4.74. The molecule has 0 aliphatic heterocycles. The van der Waals surface area contributed by atoms with Crippen molar-refractivity contribution in [3.05, 3.63) is 60.8 Å². The second kappa shape index (κ2) is 9.09. The molecule has 1 heterocycles. The molecule has 0 saturated carbocycles. The lowest BCUT2D eigenvalue weighted by Gasteiger charge is -2.23. The van der Waals surface area contributed by atoms with Crippen molar-refractivity contribution in [1.82, 2.24) is 9.29 Å². The van der Waals surface area contributed by atoms with E-state index in [9.17, 15) is 16.8 Å². The number of anilines is 1. The van der Waals surface area contributed by atoms with Crippen molar-refractivity contribution in [3.8, 4) is 0 Å². The van der Waals surface area contributed by atoms with Gasteiger partial charge in [0.15, 0.2) is 9.84 Å². The van der Waals surface area contributed by atoms with Crippen molar-refractivity contribution >= 4 is 36.5 Å². The quantitative estimate of drug-likeness (QED) is 0.507. The van der Waals surface area contributed by atoms with Gasteiger partial charge in [0.05, 0.1) is 15.5 Å². The maximum absolute atomic E-state index is 13.4. The average molecular weight is 449 g/mol. The van der Waals surface area contributed by atoms with Crippen molar-refractivity contribution in [2.24, 2.45) is 5.73 Å². The highest BCUT2D eigenvalue weighted by Crippen LogP contribution is 2.28. The zero-order chi connectivity index (χ0) is 21.8. The van der Waals surface area contributed by atoms with Crippen LogP contribution in [0.5, 0.6) is 0 Å². The van der Waals surface area contributed by atoms with Crippen molar-refractivity contribution in [2.75, 3.05) is 31.1 Å². The average Bonchev–Trinajstić information content (AvgIpc) is 2.74. The number of nitrogen functional groups attached to an aromatic ring is 1. The molecule has 1 aromatic heterocycles. The minimum absolute atomic E-state index is 0.0585. The van der Waals surface area contributed by atoms with Crippen molar-refractivity contribution in [1.29, 1.82) is 0 Å². The fourth-order valence-electron chi connectivity index (χ4n) is 3.15. The summed E-state index contributed by atoms with van der Waals surface area (Å²) in [7, 11) is -7.63. The molecule has 2 aromatic carbocycles. The van der Waals surface area contributed by atoms with E-state index in [1.807, 2.05) is 0 Å². The van der Waals surface area contributed by atoms with E-state index in [1.165, 1.54) is 28.7 Å². The predicted molar refractivity (Wildman–Crippen MR) is 117 cm³/mol. The van der Waals surface area contributed by atoms with E-state index in [0.717, 1.165) is 0 Å². The standard InChI is InChI=1S/C20H24N4O4S2/c21-11-5-13-24(14-15-29(25,26)16-6-2-1-3-7-16)30(27,28)19-9-4-8-18-17(19)10-12-23-20(18)22/h1-4,6-10,12H,5,11,13-15,21H2,(H2,22,23). The molecule has 3 aromatic rings. The number of aromatic nitrogens is 1. The normalized spacial score (nSPS) is 12.5. The second-order valence-corrected chi connectivity index (χ2v) is 10.7. The van der Waals surface area contributed by atoms with Gasteiger partial charge < -0.3 is 11.5 Å². The lowest BCUT2D eigenvalue weighted by Crippen LogP contribution is -2.36. The van der Waals surface area contributed by atoms with E-state index in [0.29, 0.717) is 17.2 Å². The summed E-state index contributed by atoms with van der Waals surface area (Å²) in [6.45, 7) is 0.209. The molecule has 0 saturated heterocycles. The fraction of sp³-hybridized carbons (Fsp3) is 0.250. The Bertz CT molecular complexity index is 1230. The highest BCUT2D eigenvalue weighted by atomic mass is 32.2. The number of rotatable bonds is 9. The van der Waals surface area contributed by atoms with Crippen LogP contribution >= 0.6 is 0 Å². The first-order valence-electron chi connectivity index (χ1n) is 9.38.